The summed E-state index contributed by atoms with van der Waals surface area (Å²) in [6.45, 7) is 5.22. The molecule has 1 aromatic carbocycles. The lowest BCUT2D eigenvalue weighted by Gasteiger charge is -2.27. The highest BCUT2D eigenvalue weighted by atomic mass is 35.5. The first-order valence-corrected chi connectivity index (χ1v) is 6.93. The Morgan fingerprint density at radius 3 is 2.48 bits per heavy atom. The highest BCUT2D eigenvalue weighted by Gasteiger charge is 2.33. The van der Waals surface area contributed by atoms with Crippen LogP contribution in [0.5, 0.6) is 0 Å². The predicted octanol–water partition coefficient (Wildman–Crippen LogP) is 2.57. The molecule has 0 heterocycles. The van der Waals surface area contributed by atoms with E-state index < -0.39 is 29.5 Å². The molecule has 0 aliphatic rings. The van der Waals surface area contributed by atoms with Crippen LogP contribution in [0, 0.1) is 0 Å². The number of aliphatic carboxylic acids is 1. The zero-order valence-electron chi connectivity index (χ0n) is 12.3. The third kappa shape index (κ3) is 5.73. The molecule has 0 aromatic heterocycles. The van der Waals surface area contributed by atoms with Crippen LogP contribution in [0.25, 0.3) is 0 Å². The van der Waals surface area contributed by atoms with Crippen molar-refractivity contribution >= 4 is 23.5 Å². The molecule has 1 rings (SSSR count). The average molecular weight is 314 g/mol. The molecular weight excluding hydrogens is 294 g/mol. The summed E-state index contributed by atoms with van der Waals surface area (Å²) >= 11 is 5.93. The molecule has 0 amide bonds. The number of carboxylic acids is 1. The third-order valence-corrected chi connectivity index (χ3v) is 2.94. The summed E-state index contributed by atoms with van der Waals surface area (Å²) in [6.07, 6.45) is -0.337. The van der Waals surface area contributed by atoms with Crippen molar-refractivity contribution in [3.63, 3.8) is 0 Å². The van der Waals surface area contributed by atoms with E-state index in [1.54, 1.807) is 45.0 Å². The van der Waals surface area contributed by atoms with Crippen molar-refractivity contribution in [2.45, 2.75) is 44.8 Å². The number of hydrogen-bond donors (Lipinski definition) is 2. The number of hydrogen-bond acceptors (Lipinski definition) is 4. The van der Waals surface area contributed by atoms with Gasteiger partial charge >= 0.3 is 11.9 Å². The van der Waals surface area contributed by atoms with E-state index in [4.69, 9.17) is 27.2 Å². The number of benzene rings is 1. The predicted molar refractivity (Wildman–Crippen MR) is 80.3 cm³/mol. The minimum atomic E-state index is -1.07. The summed E-state index contributed by atoms with van der Waals surface area (Å²) in [7, 11) is 0. The van der Waals surface area contributed by atoms with Crippen LogP contribution in [0.4, 0.5) is 0 Å². The molecule has 0 radical (unpaired) electrons. The molecule has 3 N–H and O–H groups in total. The molecule has 0 unspecified atom stereocenters. The van der Waals surface area contributed by atoms with Crippen LogP contribution >= 0.6 is 11.6 Å². The molecule has 0 fully saturated rings. The van der Waals surface area contributed by atoms with Gasteiger partial charge in [-0.15, -0.1) is 0 Å². The Balaban J connectivity index is 3.10. The average Bonchev–Trinajstić information content (AvgIpc) is 2.25. The Morgan fingerprint density at radius 2 is 2.00 bits per heavy atom. The second-order valence-corrected chi connectivity index (χ2v) is 6.26. The van der Waals surface area contributed by atoms with Crippen LogP contribution in [0.2, 0.25) is 5.02 Å². The van der Waals surface area contributed by atoms with Gasteiger partial charge in [0.25, 0.3) is 0 Å². The van der Waals surface area contributed by atoms with Crippen LogP contribution in [0.1, 0.15) is 38.7 Å². The monoisotopic (exact) mass is 313 g/mol. The van der Waals surface area contributed by atoms with E-state index in [9.17, 15) is 9.59 Å². The molecule has 0 saturated heterocycles. The Kier molecular flexibility index (Phi) is 5.75. The van der Waals surface area contributed by atoms with Gasteiger partial charge in [0.2, 0.25) is 0 Å². The summed E-state index contributed by atoms with van der Waals surface area (Å²) < 4.78 is 5.34. The molecule has 0 saturated carbocycles. The lowest BCUT2D eigenvalue weighted by atomic mass is 9.90. The molecule has 0 bridgehead atoms. The molecule has 21 heavy (non-hydrogen) atoms. The molecule has 0 aliphatic heterocycles. The number of carbonyl (C=O) groups excluding carboxylic acids is 1. The number of esters is 1. The van der Waals surface area contributed by atoms with Gasteiger partial charge in [0.05, 0.1) is 12.3 Å². The molecule has 2 atom stereocenters. The number of ether oxygens (including phenoxy) is 1. The summed E-state index contributed by atoms with van der Waals surface area (Å²) in [5, 5.41) is 9.34. The van der Waals surface area contributed by atoms with Crippen molar-refractivity contribution in [2.24, 2.45) is 5.73 Å². The van der Waals surface area contributed by atoms with E-state index in [2.05, 4.69) is 0 Å². The lowest BCUT2D eigenvalue weighted by molar-refractivity contribution is -0.157. The maximum atomic E-state index is 12.4. The first-order chi connectivity index (χ1) is 9.60. The first kappa shape index (κ1) is 17.5. The van der Waals surface area contributed by atoms with Crippen LogP contribution in [-0.2, 0) is 14.3 Å². The van der Waals surface area contributed by atoms with Crippen molar-refractivity contribution in [1.82, 2.24) is 0 Å². The van der Waals surface area contributed by atoms with E-state index in [1.165, 1.54) is 0 Å². The second kappa shape index (κ2) is 6.91. The third-order valence-electron chi connectivity index (χ3n) is 2.71. The van der Waals surface area contributed by atoms with E-state index >= 15 is 0 Å². The lowest BCUT2D eigenvalue weighted by Crippen LogP contribution is -2.39. The van der Waals surface area contributed by atoms with Gasteiger partial charge in [-0.1, -0.05) is 23.7 Å². The number of nitrogens with two attached hydrogens (primary N) is 1. The van der Waals surface area contributed by atoms with E-state index in [0.717, 1.165) is 0 Å². The van der Waals surface area contributed by atoms with Crippen LogP contribution in [0.15, 0.2) is 24.3 Å². The van der Waals surface area contributed by atoms with E-state index in [-0.39, 0.29) is 6.42 Å². The Labute approximate surface area is 129 Å². The highest BCUT2D eigenvalue weighted by molar-refractivity contribution is 6.30. The van der Waals surface area contributed by atoms with Crippen molar-refractivity contribution in [2.75, 3.05) is 0 Å². The van der Waals surface area contributed by atoms with Gasteiger partial charge in [0, 0.05) is 11.1 Å². The molecule has 0 aliphatic carbocycles. The van der Waals surface area contributed by atoms with E-state index in [1.807, 2.05) is 0 Å². The number of carboxylic acid groups (broad SMARTS) is 1. The fourth-order valence-corrected chi connectivity index (χ4v) is 2.14. The zero-order valence-corrected chi connectivity index (χ0v) is 13.1. The summed E-state index contributed by atoms with van der Waals surface area (Å²) in [5.41, 5.74) is 5.76. The van der Waals surface area contributed by atoms with Gasteiger partial charge < -0.3 is 15.6 Å². The summed E-state index contributed by atoms with van der Waals surface area (Å²) in [4.78, 5) is 23.2. The molecule has 1 aromatic rings. The molecule has 6 heteroatoms. The Bertz CT molecular complexity index is 525. The van der Waals surface area contributed by atoms with Crippen molar-refractivity contribution in [1.29, 1.82) is 0 Å². The Morgan fingerprint density at radius 1 is 1.38 bits per heavy atom. The first-order valence-electron chi connectivity index (χ1n) is 6.56. The smallest absolute Gasteiger partial charge is 0.315 e. The van der Waals surface area contributed by atoms with Gasteiger partial charge in [-0.3, -0.25) is 9.59 Å². The minimum Gasteiger partial charge on any atom is -0.481 e. The van der Waals surface area contributed by atoms with Crippen LogP contribution < -0.4 is 5.73 Å². The van der Waals surface area contributed by atoms with Crippen LogP contribution in [-0.4, -0.2) is 28.7 Å². The second-order valence-electron chi connectivity index (χ2n) is 5.83. The van der Waals surface area contributed by atoms with Crippen LogP contribution in [0.3, 0.4) is 0 Å². The Hall–Kier alpha value is -1.59. The van der Waals surface area contributed by atoms with Gasteiger partial charge in [0.15, 0.2) is 0 Å². The minimum absolute atomic E-state index is 0.337. The highest BCUT2D eigenvalue weighted by Crippen LogP contribution is 2.26. The summed E-state index contributed by atoms with van der Waals surface area (Å²) in [6, 6.07) is 5.73. The zero-order chi connectivity index (χ0) is 16.2. The number of carbonyl (C=O) groups is 2. The van der Waals surface area contributed by atoms with Crippen molar-refractivity contribution < 1.29 is 19.4 Å². The van der Waals surface area contributed by atoms with E-state index in [0.29, 0.717) is 10.6 Å². The molecule has 116 valence electrons. The number of rotatable bonds is 5. The fourth-order valence-electron chi connectivity index (χ4n) is 1.94. The normalized spacial score (nSPS) is 14.3. The number of halogens is 1. The fraction of sp³-hybridized carbons (Fsp3) is 0.467. The maximum Gasteiger partial charge on any atom is 0.315 e. The largest absolute Gasteiger partial charge is 0.481 e. The van der Waals surface area contributed by atoms with Crippen molar-refractivity contribution in [3.05, 3.63) is 34.9 Å². The molecule has 0 spiro atoms. The van der Waals surface area contributed by atoms with Gasteiger partial charge in [-0.25, -0.2) is 0 Å². The van der Waals surface area contributed by atoms with Gasteiger partial charge in [-0.05, 0) is 38.5 Å². The standard InChI is InChI=1S/C15H20ClNO4/c1-15(2,3)21-14(20)13(11(17)8-12(18)19)9-5-4-6-10(16)7-9/h4-7,11,13H,8,17H2,1-3H3,(H,18,19)/t11-,13+/m0/s1. The topological polar surface area (TPSA) is 89.6 Å². The maximum absolute atomic E-state index is 12.4. The molecule has 5 nitrogen and oxygen atoms in total. The van der Waals surface area contributed by atoms with Crippen molar-refractivity contribution in [3.8, 4) is 0 Å². The molecular formula is C15H20ClNO4. The summed E-state index contributed by atoms with van der Waals surface area (Å²) in [5.74, 6) is -2.50. The SMILES string of the molecule is CC(C)(C)OC(=O)[C@H](c1cccc(Cl)c1)[C@@H](N)CC(=O)O. The van der Waals surface area contributed by atoms with Gasteiger partial charge in [-0.2, -0.15) is 0 Å². The quantitative estimate of drug-likeness (QED) is 0.815. The van der Waals surface area contributed by atoms with Gasteiger partial charge in [0.1, 0.15) is 5.60 Å².